The first-order chi connectivity index (χ1) is 6.51. The molecule has 1 N–H and O–H groups in total. The van der Waals surface area contributed by atoms with Crippen LogP contribution in [0.4, 0.5) is 0 Å². The van der Waals surface area contributed by atoms with Gasteiger partial charge in [0.25, 0.3) is 0 Å². The van der Waals surface area contributed by atoms with Gasteiger partial charge in [-0.3, -0.25) is 0 Å². The van der Waals surface area contributed by atoms with E-state index >= 15 is 0 Å². The standard InChI is InChI=1S/C9H13N3O2/c1-9(2,8(13)14)12-5-7(10-11-12)6-3-4-6/h5-6H,3-4H2,1-2H3,(H,13,14). The molecule has 0 atom stereocenters. The summed E-state index contributed by atoms with van der Waals surface area (Å²) in [5.74, 6) is -0.391. The van der Waals surface area contributed by atoms with E-state index in [9.17, 15) is 4.79 Å². The van der Waals surface area contributed by atoms with Gasteiger partial charge in [0.1, 0.15) is 0 Å². The van der Waals surface area contributed by atoms with Crippen molar-refractivity contribution in [3.8, 4) is 0 Å². The van der Waals surface area contributed by atoms with Crippen molar-refractivity contribution in [3.05, 3.63) is 11.9 Å². The van der Waals surface area contributed by atoms with Gasteiger partial charge in [0.05, 0.1) is 11.9 Å². The van der Waals surface area contributed by atoms with Crippen molar-refractivity contribution in [2.24, 2.45) is 0 Å². The Morgan fingerprint density at radius 1 is 1.64 bits per heavy atom. The van der Waals surface area contributed by atoms with E-state index in [1.165, 1.54) is 4.68 Å². The number of aromatic nitrogens is 3. The number of carbonyl (C=O) groups is 1. The van der Waals surface area contributed by atoms with E-state index < -0.39 is 11.5 Å². The maximum Gasteiger partial charge on any atom is 0.331 e. The Bertz CT molecular complexity index is 366. The molecule has 0 aliphatic heterocycles. The number of nitrogens with zero attached hydrogens (tertiary/aromatic N) is 3. The van der Waals surface area contributed by atoms with Crippen molar-refractivity contribution in [1.29, 1.82) is 0 Å². The molecule has 0 bridgehead atoms. The van der Waals surface area contributed by atoms with Gasteiger partial charge in [0.15, 0.2) is 5.54 Å². The van der Waals surface area contributed by atoms with E-state index in [0.29, 0.717) is 5.92 Å². The van der Waals surface area contributed by atoms with E-state index in [1.807, 2.05) is 0 Å². The third-order valence-electron chi connectivity index (χ3n) is 2.60. The van der Waals surface area contributed by atoms with Crippen LogP contribution in [0, 0.1) is 0 Å². The van der Waals surface area contributed by atoms with E-state index in [1.54, 1.807) is 20.0 Å². The second-order valence-corrected chi connectivity index (χ2v) is 4.23. The van der Waals surface area contributed by atoms with Gasteiger partial charge in [-0.2, -0.15) is 0 Å². The minimum atomic E-state index is -1.01. The van der Waals surface area contributed by atoms with Crippen LogP contribution < -0.4 is 0 Å². The Kier molecular flexibility index (Phi) is 1.83. The zero-order chi connectivity index (χ0) is 10.3. The summed E-state index contributed by atoms with van der Waals surface area (Å²) in [6, 6.07) is 0. The van der Waals surface area contributed by atoms with Gasteiger partial charge in [0, 0.05) is 5.92 Å². The molecule has 0 unspecified atom stereocenters. The molecule has 5 heteroatoms. The van der Waals surface area contributed by atoms with Crippen LogP contribution in [0.2, 0.25) is 0 Å². The van der Waals surface area contributed by atoms with Gasteiger partial charge in [-0.25, -0.2) is 9.48 Å². The fraction of sp³-hybridized carbons (Fsp3) is 0.667. The van der Waals surface area contributed by atoms with E-state index in [0.717, 1.165) is 18.5 Å². The minimum Gasteiger partial charge on any atom is -0.479 e. The first-order valence-corrected chi connectivity index (χ1v) is 4.68. The number of rotatable bonds is 3. The lowest BCUT2D eigenvalue weighted by Gasteiger charge is -2.18. The summed E-state index contributed by atoms with van der Waals surface area (Å²) in [6.07, 6.45) is 4.03. The van der Waals surface area contributed by atoms with Crippen molar-refractivity contribution in [3.63, 3.8) is 0 Å². The molecular weight excluding hydrogens is 182 g/mol. The average molecular weight is 195 g/mol. The Balaban J connectivity index is 2.27. The fourth-order valence-electron chi connectivity index (χ4n) is 1.21. The zero-order valence-electron chi connectivity index (χ0n) is 8.27. The third kappa shape index (κ3) is 1.38. The zero-order valence-corrected chi connectivity index (χ0v) is 8.27. The first-order valence-electron chi connectivity index (χ1n) is 4.68. The van der Waals surface area contributed by atoms with Crippen LogP contribution in [0.1, 0.15) is 38.3 Å². The topological polar surface area (TPSA) is 68.0 Å². The Hall–Kier alpha value is -1.39. The second-order valence-electron chi connectivity index (χ2n) is 4.23. The molecule has 2 rings (SSSR count). The number of carboxylic acid groups (broad SMARTS) is 1. The van der Waals surface area contributed by atoms with Crippen LogP contribution in [0.25, 0.3) is 0 Å². The largest absolute Gasteiger partial charge is 0.479 e. The summed E-state index contributed by atoms with van der Waals surface area (Å²) in [5, 5.41) is 16.8. The van der Waals surface area contributed by atoms with Gasteiger partial charge >= 0.3 is 5.97 Å². The summed E-state index contributed by atoms with van der Waals surface area (Å²) in [7, 11) is 0. The first kappa shape index (κ1) is 9.18. The van der Waals surface area contributed by atoms with Gasteiger partial charge in [-0.1, -0.05) is 5.21 Å². The maximum absolute atomic E-state index is 10.9. The molecule has 1 fully saturated rings. The van der Waals surface area contributed by atoms with Crippen molar-refractivity contribution < 1.29 is 9.90 Å². The highest BCUT2D eigenvalue weighted by atomic mass is 16.4. The smallest absolute Gasteiger partial charge is 0.331 e. The minimum absolute atomic E-state index is 0.508. The monoisotopic (exact) mass is 195 g/mol. The SMILES string of the molecule is CC(C)(C(=O)O)n1cc(C2CC2)nn1. The molecule has 1 aliphatic carbocycles. The second kappa shape index (κ2) is 2.80. The highest BCUT2D eigenvalue weighted by molar-refractivity contribution is 5.75. The summed E-state index contributed by atoms with van der Waals surface area (Å²) in [4.78, 5) is 10.9. The normalized spacial score (nSPS) is 17.0. The lowest BCUT2D eigenvalue weighted by molar-refractivity contribution is -0.146. The Morgan fingerprint density at radius 2 is 2.29 bits per heavy atom. The highest BCUT2D eigenvalue weighted by Crippen LogP contribution is 2.38. The molecule has 0 spiro atoms. The molecule has 14 heavy (non-hydrogen) atoms. The average Bonchev–Trinajstić information content (AvgIpc) is 2.83. The van der Waals surface area contributed by atoms with Crippen molar-refractivity contribution in [2.75, 3.05) is 0 Å². The summed E-state index contributed by atoms with van der Waals surface area (Å²) >= 11 is 0. The third-order valence-corrected chi connectivity index (χ3v) is 2.60. The van der Waals surface area contributed by atoms with Crippen LogP contribution in [0.5, 0.6) is 0 Å². The number of aliphatic carboxylic acids is 1. The highest BCUT2D eigenvalue weighted by Gasteiger charge is 2.33. The van der Waals surface area contributed by atoms with E-state index in [4.69, 9.17) is 5.11 Å². The van der Waals surface area contributed by atoms with Gasteiger partial charge < -0.3 is 5.11 Å². The lowest BCUT2D eigenvalue weighted by atomic mass is 10.1. The molecule has 1 saturated carbocycles. The predicted molar refractivity (Wildman–Crippen MR) is 49.0 cm³/mol. The van der Waals surface area contributed by atoms with Crippen LogP contribution in [0.3, 0.4) is 0 Å². The Labute approximate surface area is 81.7 Å². The molecule has 1 aliphatic rings. The summed E-state index contributed by atoms with van der Waals surface area (Å²) in [5.41, 5.74) is -0.0977. The predicted octanol–water partition coefficient (Wildman–Crippen LogP) is 0.975. The number of hydrogen-bond donors (Lipinski definition) is 1. The number of hydrogen-bond acceptors (Lipinski definition) is 3. The van der Waals surface area contributed by atoms with Crippen LogP contribution in [-0.4, -0.2) is 26.1 Å². The molecule has 0 radical (unpaired) electrons. The van der Waals surface area contributed by atoms with Gasteiger partial charge in [0.2, 0.25) is 0 Å². The number of carboxylic acids is 1. The summed E-state index contributed by atoms with van der Waals surface area (Å²) in [6.45, 7) is 3.22. The van der Waals surface area contributed by atoms with Crippen LogP contribution >= 0.6 is 0 Å². The molecular formula is C9H13N3O2. The van der Waals surface area contributed by atoms with Gasteiger partial charge in [-0.15, -0.1) is 5.10 Å². The van der Waals surface area contributed by atoms with Crippen molar-refractivity contribution in [2.45, 2.75) is 38.1 Å². The Morgan fingerprint density at radius 3 is 2.79 bits per heavy atom. The molecule has 0 aromatic carbocycles. The fourth-order valence-corrected chi connectivity index (χ4v) is 1.21. The van der Waals surface area contributed by atoms with E-state index in [2.05, 4.69) is 10.3 Å². The molecule has 0 saturated heterocycles. The van der Waals surface area contributed by atoms with Crippen LogP contribution in [-0.2, 0) is 10.3 Å². The van der Waals surface area contributed by atoms with Crippen molar-refractivity contribution >= 4 is 5.97 Å². The summed E-state index contributed by atoms with van der Waals surface area (Å²) < 4.78 is 1.42. The molecule has 1 heterocycles. The van der Waals surface area contributed by atoms with Crippen molar-refractivity contribution in [1.82, 2.24) is 15.0 Å². The lowest BCUT2D eigenvalue weighted by Crippen LogP contribution is -2.36. The van der Waals surface area contributed by atoms with Gasteiger partial charge in [-0.05, 0) is 26.7 Å². The van der Waals surface area contributed by atoms with Crippen LogP contribution in [0.15, 0.2) is 6.20 Å². The quantitative estimate of drug-likeness (QED) is 0.780. The maximum atomic E-state index is 10.9. The molecule has 76 valence electrons. The molecule has 1 aromatic rings. The molecule has 5 nitrogen and oxygen atoms in total. The molecule has 0 amide bonds. The van der Waals surface area contributed by atoms with E-state index in [-0.39, 0.29) is 0 Å². The molecule has 1 aromatic heterocycles.